The van der Waals surface area contributed by atoms with E-state index in [9.17, 15) is 4.79 Å². The highest BCUT2D eigenvalue weighted by molar-refractivity contribution is 7.99. The number of benzene rings is 1. The summed E-state index contributed by atoms with van der Waals surface area (Å²) in [6.07, 6.45) is 2.55. The van der Waals surface area contributed by atoms with E-state index in [-0.39, 0.29) is 11.4 Å². The highest BCUT2D eigenvalue weighted by Crippen LogP contribution is 2.52. The largest absolute Gasteiger partial charge is 0.497 e. The van der Waals surface area contributed by atoms with Crippen LogP contribution in [0.25, 0.3) is 0 Å². The number of thioether (sulfide) groups is 1. The van der Waals surface area contributed by atoms with Gasteiger partial charge in [0.25, 0.3) is 0 Å². The Hall–Kier alpha value is -1.67. The van der Waals surface area contributed by atoms with Gasteiger partial charge in [-0.2, -0.15) is 5.26 Å². The van der Waals surface area contributed by atoms with Crippen molar-refractivity contribution in [1.29, 1.82) is 5.26 Å². The van der Waals surface area contributed by atoms with E-state index in [2.05, 4.69) is 6.07 Å². The average Bonchev–Trinajstić information content (AvgIpc) is 3.24. The van der Waals surface area contributed by atoms with Crippen LogP contribution in [-0.2, 0) is 9.53 Å². The highest BCUT2D eigenvalue weighted by atomic mass is 32.2. The zero-order valence-electron chi connectivity index (χ0n) is 11.6. The molecule has 4 nitrogen and oxygen atoms in total. The fourth-order valence-corrected chi connectivity index (χ4v) is 3.32. The van der Waals surface area contributed by atoms with Gasteiger partial charge in [0.05, 0.1) is 26.2 Å². The number of carbonyl (C=O) groups is 1. The summed E-state index contributed by atoms with van der Waals surface area (Å²) in [6, 6.07) is 7.61. The number of nitrogens with zero attached hydrogens (tertiary/aromatic N) is 1. The topological polar surface area (TPSA) is 59.3 Å². The molecule has 1 aliphatic rings. The lowest BCUT2D eigenvalue weighted by Crippen LogP contribution is -2.13. The molecule has 0 spiro atoms. The first-order valence-corrected chi connectivity index (χ1v) is 7.39. The van der Waals surface area contributed by atoms with Crippen LogP contribution in [0.4, 0.5) is 0 Å². The van der Waals surface area contributed by atoms with Gasteiger partial charge >= 0.3 is 5.97 Å². The number of carbonyl (C=O) groups excluding carboxylic acids is 1. The molecule has 1 aromatic carbocycles. The molecule has 1 saturated carbocycles. The van der Waals surface area contributed by atoms with Crippen molar-refractivity contribution in [3.8, 4) is 11.8 Å². The van der Waals surface area contributed by atoms with Crippen LogP contribution < -0.4 is 4.74 Å². The maximum atomic E-state index is 11.4. The second kappa shape index (κ2) is 6.19. The van der Waals surface area contributed by atoms with Crippen LogP contribution in [0.2, 0.25) is 0 Å². The predicted molar refractivity (Wildman–Crippen MR) is 76.7 cm³/mol. The van der Waals surface area contributed by atoms with Gasteiger partial charge in [0.2, 0.25) is 0 Å². The fourth-order valence-electron chi connectivity index (χ4n) is 2.00. The molecule has 0 radical (unpaired) electrons. The zero-order chi connectivity index (χ0) is 14.6. The molecule has 1 aliphatic carbocycles. The second-order valence-corrected chi connectivity index (χ2v) is 6.03. The molecular weight excluding hydrogens is 274 g/mol. The highest BCUT2D eigenvalue weighted by Gasteiger charge is 2.44. The van der Waals surface area contributed by atoms with Gasteiger partial charge in [-0.15, -0.1) is 11.8 Å². The minimum absolute atomic E-state index is 0.0492. The minimum Gasteiger partial charge on any atom is -0.497 e. The van der Waals surface area contributed by atoms with Crippen molar-refractivity contribution in [3.63, 3.8) is 0 Å². The molecule has 0 aromatic heterocycles. The van der Waals surface area contributed by atoms with E-state index in [4.69, 9.17) is 14.7 Å². The Morgan fingerprint density at radius 3 is 2.75 bits per heavy atom. The Bertz CT molecular complexity index is 547. The maximum Gasteiger partial charge on any atom is 0.306 e. The summed E-state index contributed by atoms with van der Waals surface area (Å²) in [4.78, 5) is 12.3. The summed E-state index contributed by atoms with van der Waals surface area (Å²) in [6.45, 7) is 0. The van der Waals surface area contributed by atoms with Crippen LogP contribution in [0.3, 0.4) is 0 Å². The maximum absolute atomic E-state index is 11.4. The van der Waals surface area contributed by atoms with E-state index in [0.717, 1.165) is 29.2 Å². The average molecular weight is 291 g/mol. The standard InChI is InChI=1S/C15H17NO3S/c1-18-12-4-3-11(9-16)13(7-12)20-10-15(5-6-15)8-14(17)19-2/h3-4,7H,5-6,8,10H2,1-2H3. The van der Waals surface area contributed by atoms with Crippen LogP contribution in [0.1, 0.15) is 24.8 Å². The van der Waals surface area contributed by atoms with Gasteiger partial charge in [0.1, 0.15) is 11.8 Å². The lowest BCUT2D eigenvalue weighted by atomic mass is 10.1. The van der Waals surface area contributed by atoms with Crippen molar-refractivity contribution in [2.45, 2.75) is 24.2 Å². The lowest BCUT2D eigenvalue weighted by molar-refractivity contribution is -0.141. The molecule has 0 N–H and O–H groups in total. The van der Waals surface area contributed by atoms with E-state index in [1.807, 2.05) is 6.07 Å². The molecule has 0 amide bonds. The van der Waals surface area contributed by atoms with E-state index >= 15 is 0 Å². The molecule has 0 heterocycles. The first-order valence-electron chi connectivity index (χ1n) is 6.40. The number of ether oxygens (including phenoxy) is 2. The monoisotopic (exact) mass is 291 g/mol. The number of methoxy groups -OCH3 is 2. The third-order valence-corrected chi connectivity index (χ3v) is 4.95. The molecule has 1 aromatic rings. The molecule has 0 atom stereocenters. The number of esters is 1. The van der Waals surface area contributed by atoms with Crippen molar-refractivity contribution in [2.24, 2.45) is 5.41 Å². The Kier molecular flexibility index (Phi) is 4.56. The number of hydrogen-bond acceptors (Lipinski definition) is 5. The summed E-state index contributed by atoms with van der Waals surface area (Å²) in [5.74, 6) is 1.41. The summed E-state index contributed by atoms with van der Waals surface area (Å²) in [5, 5.41) is 9.13. The SMILES string of the molecule is COC(=O)CC1(CSc2cc(OC)ccc2C#N)CC1. The minimum atomic E-state index is -0.158. The van der Waals surface area contributed by atoms with E-state index in [1.165, 1.54) is 7.11 Å². The zero-order valence-corrected chi connectivity index (χ0v) is 12.5. The van der Waals surface area contributed by atoms with Crippen molar-refractivity contribution < 1.29 is 14.3 Å². The Morgan fingerprint density at radius 1 is 1.45 bits per heavy atom. The van der Waals surface area contributed by atoms with Crippen LogP contribution in [-0.4, -0.2) is 25.9 Å². The first-order chi connectivity index (χ1) is 9.62. The van der Waals surface area contributed by atoms with Crippen molar-refractivity contribution in [1.82, 2.24) is 0 Å². The number of rotatable bonds is 6. The van der Waals surface area contributed by atoms with E-state index in [1.54, 1.807) is 31.0 Å². The van der Waals surface area contributed by atoms with Gasteiger partial charge in [-0.3, -0.25) is 4.79 Å². The van der Waals surface area contributed by atoms with Gasteiger partial charge in [-0.05, 0) is 36.5 Å². The smallest absolute Gasteiger partial charge is 0.306 e. The summed E-state index contributed by atoms with van der Waals surface area (Å²) in [5.41, 5.74) is 0.692. The third kappa shape index (κ3) is 3.45. The Morgan fingerprint density at radius 2 is 2.20 bits per heavy atom. The van der Waals surface area contributed by atoms with Crippen LogP contribution in [0, 0.1) is 16.7 Å². The van der Waals surface area contributed by atoms with E-state index in [0.29, 0.717) is 12.0 Å². The lowest BCUT2D eigenvalue weighted by Gasteiger charge is -2.14. The van der Waals surface area contributed by atoms with Crippen molar-refractivity contribution in [2.75, 3.05) is 20.0 Å². The molecule has 0 unspecified atom stereocenters. The molecule has 5 heteroatoms. The number of hydrogen-bond donors (Lipinski definition) is 0. The van der Waals surface area contributed by atoms with Gasteiger partial charge in [-0.1, -0.05) is 0 Å². The third-order valence-electron chi connectivity index (χ3n) is 3.55. The van der Waals surface area contributed by atoms with Crippen molar-refractivity contribution in [3.05, 3.63) is 23.8 Å². The fraction of sp³-hybridized carbons (Fsp3) is 0.467. The molecule has 2 rings (SSSR count). The summed E-state index contributed by atoms with van der Waals surface area (Å²) < 4.78 is 9.93. The van der Waals surface area contributed by atoms with Gasteiger partial charge in [-0.25, -0.2) is 0 Å². The molecule has 1 fully saturated rings. The van der Waals surface area contributed by atoms with Gasteiger partial charge in [0, 0.05) is 10.6 Å². The van der Waals surface area contributed by atoms with Crippen molar-refractivity contribution >= 4 is 17.7 Å². The molecule has 0 aliphatic heterocycles. The molecule has 0 bridgehead atoms. The summed E-state index contributed by atoms with van der Waals surface area (Å²) >= 11 is 1.61. The Labute approximate surface area is 123 Å². The predicted octanol–water partition coefficient (Wildman–Crippen LogP) is 3.00. The van der Waals surface area contributed by atoms with Crippen LogP contribution >= 0.6 is 11.8 Å². The van der Waals surface area contributed by atoms with Crippen LogP contribution in [0.15, 0.2) is 23.1 Å². The van der Waals surface area contributed by atoms with Gasteiger partial charge < -0.3 is 9.47 Å². The van der Waals surface area contributed by atoms with Crippen LogP contribution in [0.5, 0.6) is 5.75 Å². The quantitative estimate of drug-likeness (QED) is 0.595. The molecule has 0 saturated heterocycles. The first kappa shape index (κ1) is 14.7. The second-order valence-electron chi connectivity index (χ2n) is 5.02. The summed E-state index contributed by atoms with van der Waals surface area (Å²) in [7, 11) is 3.02. The molecule has 106 valence electrons. The Balaban J connectivity index is 2.04. The molecule has 20 heavy (non-hydrogen) atoms. The normalized spacial score (nSPS) is 15.2. The van der Waals surface area contributed by atoms with Gasteiger partial charge in [0.15, 0.2) is 0 Å². The number of nitriles is 1. The molecular formula is C15H17NO3S. The van der Waals surface area contributed by atoms with E-state index < -0.39 is 0 Å².